The number of nitrogens with two attached hydrogens (primary N) is 1. The second-order valence-corrected chi connectivity index (χ2v) is 2.95. The minimum absolute atomic E-state index is 0.191. The molecular weight excluding hydrogens is 184 g/mol. The van der Waals surface area contributed by atoms with Crippen molar-refractivity contribution in [2.75, 3.05) is 17.7 Å². The Morgan fingerprint density at radius 2 is 2.50 bits per heavy atom. The zero-order valence-corrected chi connectivity index (χ0v) is 7.36. The van der Waals surface area contributed by atoms with E-state index in [-0.39, 0.29) is 11.9 Å². The van der Waals surface area contributed by atoms with E-state index >= 15 is 0 Å². The number of aromatic nitrogens is 1. The second kappa shape index (κ2) is 3.51. The molecule has 1 amide bonds. The SMILES string of the molecule is Nc1ccc(NC2CONC2=O)nc1. The maximum absolute atomic E-state index is 11.1. The second-order valence-electron chi connectivity index (χ2n) is 2.95. The van der Waals surface area contributed by atoms with Crippen LogP contribution in [0.1, 0.15) is 0 Å². The van der Waals surface area contributed by atoms with E-state index in [0.717, 1.165) is 0 Å². The van der Waals surface area contributed by atoms with E-state index in [0.29, 0.717) is 18.1 Å². The molecule has 6 heteroatoms. The van der Waals surface area contributed by atoms with Crippen LogP contribution in [0.5, 0.6) is 0 Å². The molecule has 0 radical (unpaired) electrons. The predicted molar refractivity (Wildman–Crippen MR) is 50.2 cm³/mol. The molecule has 6 nitrogen and oxygen atoms in total. The van der Waals surface area contributed by atoms with Crippen molar-refractivity contribution < 1.29 is 9.63 Å². The van der Waals surface area contributed by atoms with E-state index in [2.05, 4.69) is 15.8 Å². The van der Waals surface area contributed by atoms with Gasteiger partial charge in [-0.25, -0.2) is 10.5 Å². The lowest BCUT2D eigenvalue weighted by Crippen LogP contribution is -2.31. The molecule has 4 N–H and O–H groups in total. The number of carbonyl (C=O) groups is 1. The number of amides is 1. The fraction of sp³-hybridized carbons (Fsp3) is 0.250. The van der Waals surface area contributed by atoms with Gasteiger partial charge < -0.3 is 11.1 Å². The molecule has 0 bridgehead atoms. The molecule has 1 aromatic rings. The van der Waals surface area contributed by atoms with Crippen LogP contribution >= 0.6 is 0 Å². The zero-order valence-electron chi connectivity index (χ0n) is 7.36. The summed E-state index contributed by atoms with van der Waals surface area (Å²) in [5, 5.41) is 2.91. The van der Waals surface area contributed by atoms with Gasteiger partial charge in [0.05, 0.1) is 11.9 Å². The summed E-state index contributed by atoms with van der Waals surface area (Å²) < 4.78 is 0. The zero-order chi connectivity index (χ0) is 9.97. The van der Waals surface area contributed by atoms with Crippen molar-refractivity contribution in [2.45, 2.75) is 6.04 Å². The van der Waals surface area contributed by atoms with Crippen LogP contribution in [-0.2, 0) is 9.63 Å². The van der Waals surface area contributed by atoms with E-state index in [4.69, 9.17) is 10.6 Å². The van der Waals surface area contributed by atoms with Crippen LogP contribution in [0, 0.1) is 0 Å². The minimum Gasteiger partial charge on any atom is -0.397 e. The summed E-state index contributed by atoms with van der Waals surface area (Å²) in [5.41, 5.74) is 8.30. The van der Waals surface area contributed by atoms with Crippen molar-refractivity contribution in [3.05, 3.63) is 18.3 Å². The van der Waals surface area contributed by atoms with Crippen LogP contribution in [0.15, 0.2) is 18.3 Å². The number of nitrogens with zero attached hydrogens (tertiary/aromatic N) is 1. The summed E-state index contributed by atoms with van der Waals surface area (Å²) in [6.45, 7) is 0.297. The number of rotatable bonds is 2. The van der Waals surface area contributed by atoms with E-state index in [1.807, 2.05) is 0 Å². The number of hydrogen-bond donors (Lipinski definition) is 3. The largest absolute Gasteiger partial charge is 0.397 e. The fourth-order valence-corrected chi connectivity index (χ4v) is 1.12. The number of nitrogens with one attached hydrogen (secondary N) is 2. The van der Waals surface area contributed by atoms with Gasteiger partial charge in [-0.2, -0.15) is 0 Å². The molecule has 1 fully saturated rings. The number of pyridine rings is 1. The summed E-state index contributed by atoms with van der Waals surface area (Å²) in [5.74, 6) is 0.411. The van der Waals surface area contributed by atoms with Crippen LogP contribution in [-0.4, -0.2) is 23.5 Å². The smallest absolute Gasteiger partial charge is 0.268 e. The number of nitrogen functional groups attached to an aromatic ring is 1. The summed E-state index contributed by atoms with van der Waals surface area (Å²) in [6.07, 6.45) is 1.52. The third-order valence-corrected chi connectivity index (χ3v) is 1.85. The van der Waals surface area contributed by atoms with Crippen LogP contribution in [0.4, 0.5) is 11.5 Å². The van der Waals surface area contributed by atoms with Gasteiger partial charge in [0, 0.05) is 0 Å². The Morgan fingerprint density at radius 3 is 3.07 bits per heavy atom. The van der Waals surface area contributed by atoms with Crippen LogP contribution in [0.3, 0.4) is 0 Å². The molecule has 0 spiro atoms. The summed E-state index contributed by atoms with van der Waals surface area (Å²) in [7, 11) is 0. The predicted octanol–water partition coefficient (Wildman–Crippen LogP) is -0.494. The molecule has 2 rings (SSSR count). The average Bonchev–Trinajstić information content (AvgIpc) is 2.56. The number of anilines is 2. The normalized spacial score (nSPS) is 20.6. The fourth-order valence-electron chi connectivity index (χ4n) is 1.12. The first-order valence-corrected chi connectivity index (χ1v) is 4.15. The molecule has 14 heavy (non-hydrogen) atoms. The van der Waals surface area contributed by atoms with Gasteiger partial charge >= 0.3 is 0 Å². The lowest BCUT2D eigenvalue weighted by atomic mass is 10.3. The van der Waals surface area contributed by atoms with Gasteiger partial charge in [0.25, 0.3) is 5.91 Å². The summed E-state index contributed by atoms with van der Waals surface area (Å²) >= 11 is 0. The lowest BCUT2D eigenvalue weighted by molar-refractivity contribution is -0.124. The monoisotopic (exact) mass is 194 g/mol. The van der Waals surface area contributed by atoms with Crippen molar-refractivity contribution in [1.29, 1.82) is 0 Å². The molecular formula is C8H10N4O2. The topological polar surface area (TPSA) is 89.3 Å². The molecule has 1 unspecified atom stereocenters. The highest BCUT2D eigenvalue weighted by Gasteiger charge is 2.25. The Balaban J connectivity index is 2.03. The maximum atomic E-state index is 11.1. The maximum Gasteiger partial charge on any atom is 0.268 e. The van der Waals surface area contributed by atoms with Crippen molar-refractivity contribution >= 4 is 17.4 Å². The van der Waals surface area contributed by atoms with Gasteiger partial charge in [-0.1, -0.05) is 0 Å². The summed E-state index contributed by atoms with van der Waals surface area (Å²) in [6, 6.07) is 3.04. The highest BCUT2D eigenvalue weighted by Crippen LogP contribution is 2.09. The number of hydrogen-bond acceptors (Lipinski definition) is 5. The molecule has 0 saturated carbocycles. The third kappa shape index (κ3) is 1.74. The standard InChI is InChI=1S/C8H10N4O2/c9-5-1-2-7(10-3-5)11-6-4-14-12-8(6)13/h1-3,6H,4,9H2,(H,10,11)(H,12,13). The van der Waals surface area contributed by atoms with E-state index in [1.54, 1.807) is 12.1 Å². The van der Waals surface area contributed by atoms with Crippen molar-refractivity contribution in [2.24, 2.45) is 0 Å². The van der Waals surface area contributed by atoms with E-state index < -0.39 is 0 Å². The highest BCUT2D eigenvalue weighted by atomic mass is 16.7. The van der Waals surface area contributed by atoms with Crippen LogP contribution < -0.4 is 16.5 Å². The molecule has 74 valence electrons. The molecule has 0 aromatic carbocycles. The quantitative estimate of drug-likeness (QED) is 0.591. The van der Waals surface area contributed by atoms with Gasteiger partial charge in [-0.05, 0) is 12.1 Å². The first-order chi connectivity index (χ1) is 6.75. The first kappa shape index (κ1) is 8.76. The Labute approximate surface area is 80.4 Å². The Hall–Kier alpha value is -1.82. The Bertz CT molecular complexity index is 338. The highest BCUT2D eigenvalue weighted by molar-refractivity contribution is 5.84. The van der Waals surface area contributed by atoms with Crippen LogP contribution in [0.25, 0.3) is 0 Å². The Morgan fingerprint density at radius 1 is 1.64 bits per heavy atom. The first-order valence-electron chi connectivity index (χ1n) is 4.15. The Kier molecular flexibility index (Phi) is 2.19. The van der Waals surface area contributed by atoms with Gasteiger partial charge in [0.15, 0.2) is 0 Å². The third-order valence-electron chi connectivity index (χ3n) is 1.85. The molecule has 0 aliphatic carbocycles. The van der Waals surface area contributed by atoms with Crippen molar-refractivity contribution in [3.8, 4) is 0 Å². The average molecular weight is 194 g/mol. The van der Waals surface area contributed by atoms with Crippen LogP contribution in [0.2, 0.25) is 0 Å². The van der Waals surface area contributed by atoms with Gasteiger partial charge in [0.2, 0.25) is 0 Å². The van der Waals surface area contributed by atoms with E-state index in [9.17, 15) is 4.79 Å². The van der Waals surface area contributed by atoms with Gasteiger partial charge in [-0.15, -0.1) is 0 Å². The van der Waals surface area contributed by atoms with Crippen molar-refractivity contribution in [1.82, 2.24) is 10.5 Å². The number of hydroxylamine groups is 1. The molecule has 1 aliphatic rings. The summed E-state index contributed by atoms with van der Waals surface area (Å²) in [4.78, 5) is 19.8. The molecule has 1 saturated heterocycles. The van der Waals surface area contributed by atoms with Gasteiger partial charge in [-0.3, -0.25) is 9.63 Å². The van der Waals surface area contributed by atoms with E-state index in [1.165, 1.54) is 6.20 Å². The molecule has 1 aliphatic heterocycles. The van der Waals surface area contributed by atoms with Gasteiger partial charge in [0.1, 0.15) is 18.5 Å². The molecule has 1 atom stereocenters. The minimum atomic E-state index is -0.383. The number of carbonyl (C=O) groups excluding carboxylic acids is 1. The molecule has 2 heterocycles. The van der Waals surface area contributed by atoms with Crippen molar-refractivity contribution in [3.63, 3.8) is 0 Å². The lowest BCUT2D eigenvalue weighted by Gasteiger charge is -2.08. The molecule has 1 aromatic heterocycles.